The van der Waals surface area contributed by atoms with Gasteiger partial charge in [-0.1, -0.05) is 139 Å². The molecule has 0 unspecified atom stereocenters. The first-order chi connectivity index (χ1) is 39.5. The molecule has 0 saturated carbocycles. The highest BCUT2D eigenvalue weighted by Crippen LogP contribution is 2.38. The Labute approximate surface area is 473 Å². The van der Waals surface area contributed by atoms with Crippen molar-refractivity contribution in [1.82, 2.24) is 34.6 Å². The predicted molar refractivity (Wildman–Crippen MR) is 319 cm³/mol. The summed E-state index contributed by atoms with van der Waals surface area (Å²) in [5.41, 5.74) is 13.2. The Balaban J connectivity index is 0.942. The molecule has 2 radical (unpaired) electrons. The third-order valence-corrected chi connectivity index (χ3v) is 14.8. The number of aryl methyl sites for hydroxylation is 1. The number of aromatic nitrogens is 3. The van der Waals surface area contributed by atoms with E-state index in [-0.39, 0.29) is 30.7 Å². The van der Waals surface area contributed by atoms with Crippen LogP contribution in [0, 0.1) is 0 Å². The average Bonchev–Trinajstić information content (AvgIpc) is 4.13. The van der Waals surface area contributed by atoms with Crippen LogP contribution in [-0.2, 0) is 52.4 Å². The fourth-order valence-corrected chi connectivity index (χ4v) is 11.1. The topological polar surface area (TPSA) is 172 Å². The Hall–Kier alpha value is -8.57. The highest BCUT2D eigenvalue weighted by Gasteiger charge is 2.25. The summed E-state index contributed by atoms with van der Waals surface area (Å²) in [5.74, 6) is 0.887. The molecule has 81 heavy (non-hydrogen) atoms. The second kappa shape index (κ2) is 25.7. The third-order valence-electron chi connectivity index (χ3n) is 14.8. The van der Waals surface area contributed by atoms with Gasteiger partial charge < -0.3 is 39.6 Å². The SMILES string of the molecule is CN(Cc1ccccc1O[B]O)Cc1c2ccccc2c(CN(C)C(=O)c2ccc(C(=O)N(C)Cc3c4ccccc4c(CN(C)Cc4ccccc4O[B]O)c4ccccc34)c(OCc3cn(CCCN)nn3)c2)c2ccccc12. The Morgan fingerprint density at radius 1 is 0.519 bits per heavy atom. The molecule has 4 N–H and O–H groups in total. The van der Waals surface area contributed by atoms with E-state index in [0.29, 0.717) is 89.5 Å². The fourth-order valence-electron chi connectivity index (χ4n) is 11.1. The maximum absolute atomic E-state index is 15.0. The van der Waals surface area contributed by atoms with Gasteiger partial charge in [0.25, 0.3) is 11.8 Å². The van der Waals surface area contributed by atoms with Crippen LogP contribution in [0.3, 0.4) is 0 Å². The van der Waals surface area contributed by atoms with E-state index < -0.39 is 0 Å². The summed E-state index contributed by atoms with van der Waals surface area (Å²) < 4.78 is 19.1. The lowest BCUT2D eigenvalue weighted by Crippen LogP contribution is -2.28. The predicted octanol–water partition coefficient (Wildman–Crippen LogP) is 9.44. The Morgan fingerprint density at radius 2 is 0.926 bits per heavy atom. The standard InChI is InChI=1S/C64H64B2N8O7/c1-70(35-44-18-5-15-28-60(44)80-65-77)38-56-47-20-7-11-24-51(47)58(52-25-12-8-21-48(52)56)40-72(3)63(75)43-30-31-55(62(34-43)79-42-46-37-74(69-68-46)33-17-32-67)64(76)73(4)41-59-53-26-13-9-22-49(53)57(50-23-10-14-27-54(50)59)39-71(2)36-45-19-6-16-29-61(45)81-66-78/h5-16,18-31,34,37,77-78H,17,32-33,35-36,38-42,67H2,1-4H3. The lowest BCUT2D eigenvalue weighted by atomic mass is 9.91. The fraction of sp³-hybridized carbons (Fsp3) is 0.219. The monoisotopic (exact) mass is 1080 g/mol. The van der Waals surface area contributed by atoms with Crippen molar-refractivity contribution in [1.29, 1.82) is 0 Å². The van der Waals surface area contributed by atoms with Crippen molar-refractivity contribution in [2.24, 2.45) is 5.73 Å². The van der Waals surface area contributed by atoms with E-state index >= 15 is 4.79 Å². The Bertz CT molecular complexity index is 3760. The lowest BCUT2D eigenvalue weighted by molar-refractivity contribution is 0.0770. The minimum Gasteiger partial charge on any atom is -0.537 e. The van der Waals surface area contributed by atoms with Gasteiger partial charge in [-0.3, -0.25) is 24.1 Å². The van der Waals surface area contributed by atoms with Crippen molar-refractivity contribution in [3.05, 3.63) is 220 Å². The molecule has 0 fully saturated rings. The van der Waals surface area contributed by atoms with Crippen LogP contribution in [0.15, 0.2) is 170 Å². The molecular formula is C64H64B2N8O7. The normalized spacial score (nSPS) is 11.5. The van der Waals surface area contributed by atoms with E-state index in [2.05, 4.69) is 82.7 Å². The van der Waals surface area contributed by atoms with Crippen LogP contribution in [0.4, 0.5) is 0 Å². The largest absolute Gasteiger partial charge is 0.569 e. The molecular weight excluding hydrogens is 1010 g/mol. The molecule has 1 heterocycles. The molecule has 17 heteroatoms. The van der Waals surface area contributed by atoms with Crippen LogP contribution in [0.1, 0.15) is 66.2 Å². The van der Waals surface area contributed by atoms with Crippen LogP contribution in [0.25, 0.3) is 43.1 Å². The van der Waals surface area contributed by atoms with Gasteiger partial charge in [-0.2, -0.15) is 0 Å². The summed E-state index contributed by atoms with van der Waals surface area (Å²) >= 11 is 0. The van der Waals surface area contributed by atoms with Crippen LogP contribution in [0.5, 0.6) is 17.2 Å². The van der Waals surface area contributed by atoms with E-state index in [9.17, 15) is 14.8 Å². The van der Waals surface area contributed by atoms with E-state index in [1.165, 1.54) is 0 Å². The highest BCUT2D eigenvalue weighted by atomic mass is 16.5. The first kappa shape index (κ1) is 55.7. The number of hydrogen-bond acceptors (Lipinski definition) is 12. The summed E-state index contributed by atoms with van der Waals surface area (Å²) in [6, 6.07) is 53.7. The van der Waals surface area contributed by atoms with Crippen molar-refractivity contribution < 1.29 is 33.7 Å². The molecule has 9 aromatic carbocycles. The van der Waals surface area contributed by atoms with Crippen molar-refractivity contribution in [2.45, 2.75) is 58.8 Å². The molecule has 0 aliphatic carbocycles. The first-order valence-corrected chi connectivity index (χ1v) is 27.0. The zero-order valence-corrected chi connectivity index (χ0v) is 46.0. The quantitative estimate of drug-likeness (QED) is 0.0387. The number of nitrogens with two attached hydrogens (primary N) is 1. The maximum Gasteiger partial charge on any atom is 0.569 e. The van der Waals surface area contributed by atoms with Gasteiger partial charge >= 0.3 is 15.4 Å². The summed E-state index contributed by atoms with van der Waals surface area (Å²) in [5, 5.41) is 35.9. The second-order valence-electron chi connectivity index (χ2n) is 20.5. The van der Waals surface area contributed by atoms with E-state index in [0.717, 1.165) is 82.9 Å². The Morgan fingerprint density at radius 3 is 1.36 bits per heavy atom. The molecule has 0 atom stereocenters. The van der Waals surface area contributed by atoms with Crippen LogP contribution in [-0.4, -0.2) is 107 Å². The van der Waals surface area contributed by atoms with Crippen LogP contribution in [0.2, 0.25) is 0 Å². The molecule has 15 nitrogen and oxygen atoms in total. The first-order valence-electron chi connectivity index (χ1n) is 27.0. The summed E-state index contributed by atoms with van der Waals surface area (Å²) in [6.07, 6.45) is 2.54. The average molecular weight is 1080 g/mol. The second-order valence-corrected chi connectivity index (χ2v) is 20.5. The number of para-hydroxylation sites is 2. The van der Waals surface area contributed by atoms with Gasteiger partial charge in [0.15, 0.2) is 0 Å². The number of hydrogen-bond donors (Lipinski definition) is 3. The van der Waals surface area contributed by atoms with Gasteiger partial charge in [0, 0.05) is 76.6 Å². The van der Waals surface area contributed by atoms with E-state index in [4.69, 9.17) is 19.8 Å². The maximum atomic E-state index is 15.0. The number of rotatable bonds is 24. The molecule has 0 aliphatic heterocycles. The van der Waals surface area contributed by atoms with Crippen molar-refractivity contribution in [3.63, 3.8) is 0 Å². The Kier molecular flexibility index (Phi) is 17.7. The summed E-state index contributed by atoms with van der Waals surface area (Å²) in [4.78, 5) is 37.7. The third kappa shape index (κ3) is 12.4. The number of carbonyl (C=O) groups is 2. The number of amides is 2. The van der Waals surface area contributed by atoms with Gasteiger partial charge in [-0.15, -0.1) is 5.10 Å². The van der Waals surface area contributed by atoms with Gasteiger partial charge in [0.1, 0.15) is 29.5 Å². The minimum atomic E-state index is -0.285. The zero-order valence-electron chi connectivity index (χ0n) is 46.0. The van der Waals surface area contributed by atoms with Crippen LogP contribution >= 0.6 is 0 Å². The van der Waals surface area contributed by atoms with E-state index in [1.807, 2.05) is 97.1 Å². The molecule has 0 bridgehead atoms. The number of carbonyl (C=O) groups excluding carboxylic acids is 2. The molecule has 0 aliphatic rings. The van der Waals surface area contributed by atoms with Gasteiger partial charge in [0.2, 0.25) is 0 Å². The molecule has 408 valence electrons. The van der Waals surface area contributed by atoms with Crippen LogP contribution < -0.4 is 19.8 Å². The van der Waals surface area contributed by atoms with Crippen molar-refractivity contribution in [3.8, 4) is 17.2 Å². The molecule has 10 rings (SSSR count). The summed E-state index contributed by atoms with van der Waals surface area (Å²) in [7, 11) is 9.13. The number of nitrogens with zero attached hydrogens (tertiary/aromatic N) is 7. The van der Waals surface area contributed by atoms with Gasteiger partial charge in [-0.25, -0.2) is 0 Å². The molecule has 1 aromatic heterocycles. The zero-order chi connectivity index (χ0) is 56.4. The molecule has 10 aromatic rings. The minimum absolute atomic E-state index is 0.00480. The molecule has 0 saturated heterocycles. The summed E-state index contributed by atoms with van der Waals surface area (Å²) in [6.45, 7) is 4.09. The van der Waals surface area contributed by atoms with E-state index in [1.54, 1.807) is 53.0 Å². The van der Waals surface area contributed by atoms with Crippen molar-refractivity contribution in [2.75, 3.05) is 34.7 Å². The number of fused-ring (bicyclic) bond motifs is 4. The molecule has 0 spiro atoms. The number of ether oxygens (including phenoxy) is 1. The molecule has 2 amide bonds. The number of benzene rings is 9. The van der Waals surface area contributed by atoms with Crippen molar-refractivity contribution >= 4 is 70.3 Å². The smallest absolute Gasteiger partial charge is 0.537 e. The lowest BCUT2D eigenvalue weighted by Gasteiger charge is -2.25. The van der Waals surface area contributed by atoms with Gasteiger partial charge in [0.05, 0.1) is 11.8 Å². The highest BCUT2D eigenvalue weighted by molar-refractivity contribution is 6.17. The van der Waals surface area contributed by atoms with Gasteiger partial charge in [-0.05, 0) is 123 Å².